The number of methoxy groups -OCH3 is 1. The lowest BCUT2D eigenvalue weighted by Gasteiger charge is -2.29. The van der Waals surface area contributed by atoms with E-state index >= 15 is 0 Å². The standard InChI is InChI=1S/C13H21NO/c1-5-13(14,6-2)11-9-10(3)7-8-12(11)15-4/h7-9H,5-6,14H2,1-4H3. The van der Waals surface area contributed by atoms with Crippen molar-refractivity contribution in [2.24, 2.45) is 5.73 Å². The van der Waals surface area contributed by atoms with E-state index in [0.29, 0.717) is 0 Å². The van der Waals surface area contributed by atoms with E-state index in [1.165, 1.54) is 5.56 Å². The van der Waals surface area contributed by atoms with Crippen molar-refractivity contribution in [1.82, 2.24) is 0 Å². The molecule has 0 unspecified atom stereocenters. The highest BCUT2D eigenvalue weighted by molar-refractivity contribution is 5.41. The van der Waals surface area contributed by atoms with Gasteiger partial charge in [0.25, 0.3) is 0 Å². The number of ether oxygens (including phenoxy) is 1. The van der Waals surface area contributed by atoms with Crippen molar-refractivity contribution in [1.29, 1.82) is 0 Å². The van der Waals surface area contributed by atoms with Crippen LogP contribution in [0.25, 0.3) is 0 Å². The molecule has 2 nitrogen and oxygen atoms in total. The maximum atomic E-state index is 6.38. The Morgan fingerprint density at radius 1 is 1.27 bits per heavy atom. The molecule has 0 atom stereocenters. The molecule has 0 fully saturated rings. The van der Waals surface area contributed by atoms with Gasteiger partial charge < -0.3 is 10.5 Å². The first-order valence-corrected chi connectivity index (χ1v) is 5.51. The monoisotopic (exact) mass is 207 g/mol. The van der Waals surface area contributed by atoms with Crippen molar-refractivity contribution < 1.29 is 4.74 Å². The Hall–Kier alpha value is -1.02. The van der Waals surface area contributed by atoms with Crippen LogP contribution in [-0.4, -0.2) is 7.11 Å². The van der Waals surface area contributed by atoms with E-state index in [1.54, 1.807) is 7.11 Å². The Labute approximate surface area is 92.4 Å². The van der Waals surface area contributed by atoms with Gasteiger partial charge >= 0.3 is 0 Å². The van der Waals surface area contributed by atoms with Gasteiger partial charge in [-0.15, -0.1) is 0 Å². The van der Waals surface area contributed by atoms with E-state index < -0.39 is 0 Å². The molecule has 0 amide bonds. The lowest BCUT2D eigenvalue weighted by molar-refractivity contribution is 0.362. The maximum absolute atomic E-state index is 6.38. The second-order valence-electron chi connectivity index (χ2n) is 4.07. The Balaban J connectivity index is 3.26. The van der Waals surface area contributed by atoms with Gasteiger partial charge in [-0.05, 0) is 25.8 Å². The molecule has 84 valence electrons. The van der Waals surface area contributed by atoms with Gasteiger partial charge in [-0.1, -0.05) is 31.5 Å². The van der Waals surface area contributed by atoms with Gasteiger partial charge in [0.05, 0.1) is 7.11 Å². The molecule has 2 N–H and O–H groups in total. The highest BCUT2D eigenvalue weighted by Crippen LogP contribution is 2.33. The van der Waals surface area contributed by atoms with Gasteiger partial charge in [-0.3, -0.25) is 0 Å². The summed E-state index contributed by atoms with van der Waals surface area (Å²) in [5.74, 6) is 0.895. The first-order valence-electron chi connectivity index (χ1n) is 5.51. The summed E-state index contributed by atoms with van der Waals surface area (Å²) in [5.41, 5.74) is 8.46. The molecule has 1 rings (SSSR count). The Bertz CT molecular complexity index is 329. The van der Waals surface area contributed by atoms with Crippen LogP contribution in [0.2, 0.25) is 0 Å². The third kappa shape index (κ3) is 2.32. The number of rotatable bonds is 4. The number of hydrogen-bond donors (Lipinski definition) is 1. The molecule has 0 aliphatic carbocycles. The molecule has 0 radical (unpaired) electrons. The van der Waals surface area contributed by atoms with Crippen LogP contribution in [0.5, 0.6) is 5.75 Å². The summed E-state index contributed by atoms with van der Waals surface area (Å²) in [6.07, 6.45) is 1.84. The average Bonchev–Trinajstić information content (AvgIpc) is 2.28. The van der Waals surface area contributed by atoms with E-state index in [1.807, 2.05) is 12.1 Å². The lowest BCUT2D eigenvalue weighted by atomic mass is 9.84. The van der Waals surface area contributed by atoms with Crippen molar-refractivity contribution in [3.05, 3.63) is 29.3 Å². The van der Waals surface area contributed by atoms with Crippen molar-refractivity contribution in [2.45, 2.75) is 39.2 Å². The van der Waals surface area contributed by atoms with E-state index in [-0.39, 0.29) is 5.54 Å². The molecule has 0 spiro atoms. The molecule has 0 aromatic heterocycles. The van der Waals surface area contributed by atoms with E-state index in [4.69, 9.17) is 10.5 Å². The molecule has 1 aromatic carbocycles. The first-order chi connectivity index (χ1) is 7.07. The molecular weight excluding hydrogens is 186 g/mol. The summed E-state index contributed by atoms with van der Waals surface area (Å²) in [7, 11) is 1.69. The highest BCUT2D eigenvalue weighted by atomic mass is 16.5. The minimum absolute atomic E-state index is 0.267. The maximum Gasteiger partial charge on any atom is 0.123 e. The van der Waals surface area contributed by atoms with Crippen LogP contribution < -0.4 is 10.5 Å². The summed E-state index contributed by atoms with van der Waals surface area (Å²) in [5, 5.41) is 0. The van der Waals surface area contributed by atoms with Crippen LogP contribution in [0.1, 0.15) is 37.8 Å². The zero-order valence-corrected chi connectivity index (χ0v) is 10.1. The van der Waals surface area contributed by atoms with Crippen LogP contribution in [0.15, 0.2) is 18.2 Å². The molecule has 0 saturated carbocycles. The number of hydrogen-bond acceptors (Lipinski definition) is 2. The molecule has 0 saturated heterocycles. The van der Waals surface area contributed by atoms with Gasteiger partial charge in [-0.25, -0.2) is 0 Å². The second kappa shape index (κ2) is 4.67. The fraction of sp³-hybridized carbons (Fsp3) is 0.538. The molecule has 0 aliphatic rings. The predicted molar refractivity (Wildman–Crippen MR) is 64.2 cm³/mol. The molecule has 0 bridgehead atoms. The number of benzene rings is 1. The Kier molecular flexibility index (Phi) is 3.75. The Morgan fingerprint density at radius 3 is 2.33 bits per heavy atom. The summed E-state index contributed by atoms with van der Waals surface area (Å²) in [4.78, 5) is 0. The lowest BCUT2D eigenvalue weighted by Crippen LogP contribution is -2.35. The minimum Gasteiger partial charge on any atom is -0.496 e. The second-order valence-corrected chi connectivity index (χ2v) is 4.07. The zero-order valence-electron chi connectivity index (χ0n) is 10.1. The molecule has 15 heavy (non-hydrogen) atoms. The van der Waals surface area contributed by atoms with Crippen molar-refractivity contribution in [3.8, 4) is 5.75 Å². The van der Waals surface area contributed by atoms with Crippen LogP contribution >= 0.6 is 0 Å². The summed E-state index contributed by atoms with van der Waals surface area (Å²) in [6.45, 7) is 6.31. The van der Waals surface area contributed by atoms with Gasteiger partial charge in [-0.2, -0.15) is 0 Å². The fourth-order valence-corrected chi connectivity index (χ4v) is 1.84. The van der Waals surface area contributed by atoms with Crippen molar-refractivity contribution >= 4 is 0 Å². The number of aryl methyl sites for hydroxylation is 1. The van der Waals surface area contributed by atoms with Crippen molar-refractivity contribution in [3.63, 3.8) is 0 Å². The van der Waals surface area contributed by atoms with E-state index in [9.17, 15) is 0 Å². The minimum atomic E-state index is -0.267. The molecule has 1 aromatic rings. The van der Waals surface area contributed by atoms with E-state index in [2.05, 4.69) is 26.8 Å². The topological polar surface area (TPSA) is 35.2 Å². The summed E-state index contributed by atoms with van der Waals surface area (Å²) in [6, 6.07) is 6.18. The largest absolute Gasteiger partial charge is 0.496 e. The SMILES string of the molecule is CCC(N)(CC)c1cc(C)ccc1OC. The van der Waals surface area contributed by atoms with Gasteiger partial charge in [0.2, 0.25) is 0 Å². The third-order valence-corrected chi connectivity index (χ3v) is 3.15. The van der Waals surface area contributed by atoms with Gasteiger partial charge in [0, 0.05) is 11.1 Å². The smallest absolute Gasteiger partial charge is 0.123 e. The number of nitrogens with two attached hydrogens (primary N) is 1. The molecular formula is C13H21NO. The molecule has 2 heteroatoms. The summed E-state index contributed by atoms with van der Waals surface area (Å²) < 4.78 is 5.37. The van der Waals surface area contributed by atoms with Crippen LogP contribution in [0, 0.1) is 6.92 Å². The zero-order chi connectivity index (χ0) is 11.5. The van der Waals surface area contributed by atoms with Gasteiger partial charge in [0.15, 0.2) is 0 Å². The quantitative estimate of drug-likeness (QED) is 0.823. The average molecular weight is 207 g/mol. The van der Waals surface area contributed by atoms with Crippen LogP contribution in [0.4, 0.5) is 0 Å². The van der Waals surface area contributed by atoms with Crippen molar-refractivity contribution in [2.75, 3.05) is 7.11 Å². The Morgan fingerprint density at radius 2 is 1.87 bits per heavy atom. The normalized spacial score (nSPS) is 11.5. The fourth-order valence-electron chi connectivity index (χ4n) is 1.84. The summed E-state index contributed by atoms with van der Waals surface area (Å²) >= 11 is 0. The van der Waals surface area contributed by atoms with Crippen LogP contribution in [0.3, 0.4) is 0 Å². The van der Waals surface area contributed by atoms with Gasteiger partial charge in [0.1, 0.15) is 5.75 Å². The first kappa shape index (κ1) is 12.1. The molecule has 0 aliphatic heterocycles. The van der Waals surface area contributed by atoms with Crippen LogP contribution in [-0.2, 0) is 5.54 Å². The third-order valence-electron chi connectivity index (χ3n) is 3.15. The predicted octanol–water partition coefficient (Wildman–Crippen LogP) is 2.98. The highest BCUT2D eigenvalue weighted by Gasteiger charge is 2.26. The molecule has 0 heterocycles. The van der Waals surface area contributed by atoms with E-state index in [0.717, 1.165) is 24.2 Å².